The number of aromatic nitrogens is 1. The Kier molecular flexibility index (Phi) is 3.54. The van der Waals surface area contributed by atoms with E-state index in [-0.39, 0.29) is 5.82 Å². The van der Waals surface area contributed by atoms with Crippen LogP contribution in [-0.2, 0) is 15.7 Å². The van der Waals surface area contributed by atoms with Crippen molar-refractivity contribution in [2.75, 3.05) is 0 Å². The molecule has 3 nitrogen and oxygen atoms in total. The molecule has 2 rings (SSSR count). The molecular formula is C14H19BFNO2. The molecule has 1 fully saturated rings. The summed E-state index contributed by atoms with van der Waals surface area (Å²) in [5.74, 6) is -0.306. The van der Waals surface area contributed by atoms with Gasteiger partial charge in [-0.2, -0.15) is 0 Å². The fraction of sp³-hybridized carbons (Fsp3) is 0.500. The highest BCUT2D eigenvalue weighted by atomic mass is 19.1. The molecule has 5 heteroatoms. The molecule has 0 radical (unpaired) electrons. The third kappa shape index (κ3) is 2.45. The SMILES string of the molecule is C=CCc1c(F)ccnc1B1OC(C)(C)C(C)(C)O1. The van der Waals surface area contributed by atoms with E-state index < -0.39 is 18.3 Å². The van der Waals surface area contributed by atoms with Gasteiger partial charge in [0, 0.05) is 11.8 Å². The van der Waals surface area contributed by atoms with Crippen molar-refractivity contribution in [3.63, 3.8) is 0 Å². The highest BCUT2D eigenvalue weighted by Gasteiger charge is 2.53. The Labute approximate surface area is 114 Å². The molecule has 0 atom stereocenters. The number of pyridine rings is 1. The van der Waals surface area contributed by atoms with E-state index in [1.807, 2.05) is 27.7 Å². The van der Waals surface area contributed by atoms with Crippen molar-refractivity contribution >= 4 is 12.7 Å². The van der Waals surface area contributed by atoms with E-state index in [1.54, 1.807) is 6.08 Å². The quantitative estimate of drug-likeness (QED) is 0.619. The van der Waals surface area contributed by atoms with Gasteiger partial charge < -0.3 is 9.31 Å². The predicted molar refractivity (Wildman–Crippen MR) is 73.8 cm³/mol. The van der Waals surface area contributed by atoms with E-state index in [1.165, 1.54) is 12.3 Å². The largest absolute Gasteiger partial charge is 0.514 e. The molecule has 0 aromatic carbocycles. The normalized spacial score (nSPS) is 20.6. The minimum Gasteiger partial charge on any atom is -0.398 e. The molecule has 2 heterocycles. The number of halogens is 1. The topological polar surface area (TPSA) is 31.4 Å². The Bertz CT molecular complexity index is 486. The minimum absolute atomic E-state index is 0.306. The molecule has 19 heavy (non-hydrogen) atoms. The van der Waals surface area contributed by atoms with Crippen LogP contribution in [0.4, 0.5) is 4.39 Å². The van der Waals surface area contributed by atoms with Crippen LogP contribution in [0.2, 0.25) is 0 Å². The van der Waals surface area contributed by atoms with Gasteiger partial charge in [0.1, 0.15) is 5.82 Å². The summed E-state index contributed by atoms with van der Waals surface area (Å²) in [6.07, 6.45) is 3.48. The molecule has 0 bridgehead atoms. The standard InChI is InChI=1S/C14H19BFNO2/c1-6-7-10-11(16)8-9-17-12(10)15-18-13(2,3)14(4,5)19-15/h6,8-9H,1,7H2,2-5H3. The van der Waals surface area contributed by atoms with Crippen LogP contribution < -0.4 is 5.59 Å². The first-order chi connectivity index (χ1) is 8.78. The van der Waals surface area contributed by atoms with Crippen LogP contribution in [0.5, 0.6) is 0 Å². The van der Waals surface area contributed by atoms with Gasteiger partial charge in [0.05, 0.1) is 16.8 Å². The van der Waals surface area contributed by atoms with E-state index in [9.17, 15) is 4.39 Å². The van der Waals surface area contributed by atoms with E-state index >= 15 is 0 Å². The molecule has 0 saturated carbocycles. The summed E-state index contributed by atoms with van der Waals surface area (Å²) in [5.41, 5.74) is 0.0587. The maximum atomic E-state index is 13.9. The van der Waals surface area contributed by atoms with Crippen LogP contribution in [0.15, 0.2) is 24.9 Å². The summed E-state index contributed by atoms with van der Waals surface area (Å²) >= 11 is 0. The second kappa shape index (κ2) is 4.73. The maximum absolute atomic E-state index is 13.9. The highest BCUT2D eigenvalue weighted by molar-refractivity contribution is 6.61. The van der Waals surface area contributed by atoms with Gasteiger partial charge in [0.2, 0.25) is 0 Å². The summed E-state index contributed by atoms with van der Waals surface area (Å²) in [6, 6.07) is 1.34. The van der Waals surface area contributed by atoms with Crippen molar-refractivity contribution < 1.29 is 13.7 Å². The van der Waals surface area contributed by atoms with Crippen molar-refractivity contribution in [1.29, 1.82) is 0 Å². The number of rotatable bonds is 3. The minimum atomic E-state index is -0.643. The zero-order valence-corrected chi connectivity index (χ0v) is 11.9. The predicted octanol–water partition coefficient (Wildman–Crippen LogP) is 2.25. The van der Waals surface area contributed by atoms with Gasteiger partial charge in [-0.15, -0.1) is 6.58 Å². The van der Waals surface area contributed by atoms with Crippen LogP contribution in [0.1, 0.15) is 33.3 Å². The van der Waals surface area contributed by atoms with Crippen LogP contribution in [0.25, 0.3) is 0 Å². The number of allylic oxidation sites excluding steroid dienone is 1. The molecule has 0 spiro atoms. The Balaban J connectivity index is 2.39. The molecule has 102 valence electrons. The van der Waals surface area contributed by atoms with E-state index in [2.05, 4.69) is 11.6 Å². The molecule has 1 saturated heterocycles. The van der Waals surface area contributed by atoms with Gasteiger partial charge in [-0.1, -0.05) is 6.08 Å². The van der Waals surface area contributed by atoms with Crippen molar-refractivity contribution in [3.8, 4) is 0 Å². The zero-order chi connectivity index (χ0) is 14.3. The lowest BCUT2D eigenvalue weighted by Crippen LogP contribution is -2.41. The first-order valence-corrected chi connectivity index (χ1v) is 6.38. The van der Waals surface area contributed by atoms with Crippen molar-refractivity contribution in [2.24, 2.45) is 0 Å². The van der Waals surface area contributed by atoms with Gasteiger partial charge in [-0.25, -0.2) is 4.39 Å². The second-order valence-electron chi connectivity index (χ2n) is 5.74. The number of nitrogens with zero attached hydrogens (tertiary/aromatic N) is 1. The summed E-state index contributed by atoms with van der Waals surface area (Å²) in [5, 5.41) is 0. The van der Waals surface area contributed by atoms with Crippen LogP contribution in [0.3, 0.4) is 0 Å². The Morgan fingerprint density at radius 3 is 2.42 bits per heavy atom. The monoisotopic (exact) mass is 263 g/mol. The Morgan fingerprint density at radius 1 is 1.32 bits per heavy atom. The third-order valence-electron chi connectivity index (χ3n) is 3.86. The lowest BCUT2D eigenvalue weighted by atomic mass is 9.80. The summed E-state index contributed by atoms with van der Waals surface area (Å²) in [7, 11) is -0.643. The highest BCUT2D eigenvalue weighted by Crippen LogP contribution is 2.36. The Morgan fingerprint density at radius 2 is 1.89 bits per heavy atom. The van der Waals surface area contributed by atoms with E-state index in [4.69, 9.17) is 9.31 Å². The molecule has 1 aliphatic rings. The van der Waals surface area contributed by atoms with Crippen LogP contribution in [0, 0.1) is 5.82 Å². The second-order valence-corrected chi connectivity index (χ2v) is 5.74. The van der Waals surface area contributed by atoms with Gasteiger partial charge >= 0.3 is 7.12 Å². The van der Waals surface area contributed by atoms with Gasteiger partial charge in [-0.05, 0) is 40.2 Å². The van der Waals surface area contributed by atoms with Crippen LogP contribution >= 0.6 is 0 Å². The van der Waals surface area contributed by atoms with E-state index in [0.29, 0.717) is 17.6 Å². The van der Waals surface area contributed by atoms with Crippen molar-refractivity contribution in [3.05, 3.63) is 36.3 Å². The average Bonchev–Trinajstić information content (AvgIpc) is 2.51. The fourth-order valence-corrected chi connectivity index (χ4v) is 1.99. The molecule has 0 N–H and O–H groups in total. The average molecular weight is 263 g/mol. The smallest absolute Gasteiger partial charge is 0.398 e. The van der Waals surface area contributed by atoms with Crippen molar-refractivity contribution in [2.45, 2.75) is 45.3 Å². The number of hydrogen-bond donors (Lipinski definition) is 0. The maximum Gasteiger partial charge on any atom is 0.514 e. The zero-order valence-electron chi connectivity index (χ0n) is 11.9. The Hall–Kier alpha value is -1.20. The molecular weight excluding hydrogens is 244 g/mol. The fourth-order valence-electron chi connectivity index (χ4n) is 1.99. The number of hydrogen-bond acceptors (Lipinski definition) is 3. The molecule has 0 amide bonds. The molecule has 0 aliphatic carbocycles. The lowest BCUT2D eigenvalue weighted by molar-refractivity contribution is 0.00578. The lowest BCUT2D eigenvalue weighted by Gasteiger charge is -2.32. The van der Waals surface area contributed by atoms with Gasteiger partial charge in [0.25, 0.3) is 0 Å². The molecule has 1 aliphatic heterocycles. The first-order valence-electron chi connectivity index (χ1n) is 6.38. The summed E-state index contributed by atoms with van der Waals surface area (Å²) < 4.78 is 25.7. The summed E-state index contributed by atoms with van der Waals surface area (Å²) in [4.78, 5) is 4.23. The van der Waals surface area contributed by atoms with Crippen LogP contribution in [-0.4, -0.2) is 23.3 Å². The first kappa shape index (κ1) is 14.2. The third-order valence-corrected chi connectivity index (χ3v) is 3.86. The van der Waals surface area contributed by atoms with Gasteiger partial charge in [0.15, 0.2) is 0 Å². The van der Waals surface area contributed by atoms with Gasteiger partial charge in [-0.3, -0.25) is 4.98 Å². The molecule has 0 unspecified atom stereocenters. The van der Waals surface area contributed by atoms with Crippen molar-refractivity contribution in [1.82, 2.24) is 4.98 Å². The van der Waals surface area contributed by atoms with E-state index in [0.717, 1.165) is 0 Å². The molecule has 1 aromatic heterocycles. The molecule has 1 aromatic rings. The summed E-state index contributed by atoms with van der Waals surface area (Å²) in [6.45, 7) is 11.5.